The molecule has 15 heteroatoms. The third kappa shape index (κ3) is 6.55. The number of rotatable bonds is 7. The van der Waals surface area contributed by atoms with Gasteiger partial charge in [-0.05, 0) is 47.5 Å². The van der Waals surface area contributed by atoms with Crippen molar-refractivity contribution in [3.8, 4) is 16.9 Å². The third-order valence-corrected chi connectivity index (χ3v) is 8.88. The number of halogens is 6. The van der Waals surface area contributed by atoms with E-state index in [2.05, 4.69) is 15.0 Å². The number of hydrogen-bond acceptors (Lipinski definition) is 6. The molecule has 1 N–H and O–H groups in total. The summed E-state index contributed by atoms with van der Waals surface area (Å²) in [7, 11) is -4.39. The molecule has 4 rings (SSSR count). The number of benzene rings is 1. The summed E-state index contributed by atoms with van der Waals surface area (Å²) in [4.78, 5) is 16.9. The summed E-state index contributed by atoms with van der Waals surface area (Å²) >= 11 is 6.48. The lowest BCUT2D eigenvalue weighted by Crippen LogP contribution is -2.45. The number of ether oxygens (including phenoxy) is 1. The van der Waals surface area contributed by atoms with E-state index >= 15 is 0 Å². The molecule has 0 saturated carbocycles. The van der Waals surface area contributed by atoms with Gasteiger partial charge in [0, 0.05) is 12.6 Å². The zero-order valence-electron chi connectivity index (χ0n) is 18.5. The first-order valence-corrected chi connectivity index (χ1v) is 13.1. The van der Waals surface area contributed by atoms with Crippen LogP contribution >= 0.6 is 22.9 Å². The average molecular weight is 582 g/mol. The molecule has 1 unspecified atom stereocenters. The van der Waals surface area contributed by atoms with Crippen molar-refractivity contribution in [2.75, 3.05) is 6.54 Å². The number of pyridine rings is 1. The van der Waals surface area contributed by atoms with Gasteiger partial charge in [-0.25, -0.2) is 17.2 Å². The molecule has 1 aliphatic heterocycles. The molecule has 37 heavy (non-hydrogen) atoms. The standard InChI is InChI=1S/C22H17ClF5N3O4S2/c23-18-5-6-19(36-18)37(33,34)31-12-21(24,25)10-17(31)20(32)30-11-15-9-14(7-8-29-15)13-1-3-16(4-2-13)35-22(26,27)28/h1-9,17H,10-12H2,(H,30,32). The summed E-state index contributed by atoms with van der Waals surface area (Å²) in [6.07, 6.45) is -4.41. The van der Waals surface area contributed by atoms with Gasteiger partial charge in [-0.1, -0.05) is 23.7 Å². The highest BCUT2D eigenvalue weighted by atomic mass is 35.5. The maximum Gasteiger partial charge on any atom is 0.573 e. The molecule has 1 aromatic carbocycles. The highest BCUT2D eigenvalue weighted by Gasteiger charge is 2.53. The number of carbonyl (C=O) groups excluding carboxylic acids is 1. The third-order valence-electron chi connectivity index (χ3n) is 5.32. The SMILES string of the molecule is O=C(NCc1cc(-c2ccc(OC(F)(F)F)cc2)ccn1)C1CC(F)(F)CN1S(=O)(=O)c1ccc(Cl)s1. The molecular weight excluding hydrogens is 565 g/mol. The normalized spacial score (nSPS) is 18.1. The first-order valence-electron chi connectivity index (χ1n) is 10.5. The molecule has 1 atom stereocenters. The van der Waals surface area contributed by atoms with E-state index < -0.39 is 53.0 Å². The van der Waals surface area contributed by atoms with Crippen molar-refractivity contribution in [1.82, 2.24) is 14.6 Å². The minimum atomic E-state index is -4.82. The first-order chi connectivity index (χ1) is 17.2. The van der Waals surface area contributed by atoms with E-state index in [1.54, 1.807) is 12.1 Å². The number of carbonyl (C=O) groups is 1. The highest BCUT2D eigenvalue weighted by molar-refractivity contribution is 7.91. The van der Waals surface area contributed by atoms with Gasteiger partial charge in [0.2, 0.25) is 5.91 Å². The van der Waals surface area contributed by atoms with E-state index in [0.29, 0.717) is 32.5 Å². The zero-order chi connectivity index (χ0) is 27.0. The second-order valence-electron chi connectivity index (χ2n) is 8.01. The largest absolute Gasteiger partial charge is 0.573 e. The maximum absolute atomic E-state index is 14.2. The van der Waals surface area contributed by atoms with Crippen LogP contribution in [0.1, 0.15) is 12.1 Å². The minimum Gasteiger partial charge on any atom is -0.406 e. The number of sulfonamides is 1. The number of hydrogen-bond donors (Lipinski definition) is 1. The molecule has 3 heterocycles. The predicted octanol–water partition coefficient (Wildman–Crippen LogP) is 5.08. The van der Waals surface area contributed by atoms with Crippen LogP contribution in [-0.4, -0.2) is 48.5 Å². The zero-order valence-corrected chi connectivity index (χ0v) is 20.9. The van der Waals surface area contributed by atoms with Gasteiger partial charge in [0.1, 0.15) is 16.0 Å². The number of aromatic nitrogens is 1. The fourth-order valence-electron chi connectivity index (χ4n) is 3.71. The van der Waals surface area contributed by atoms with Crippen LogP contribution in [0.2, 0.25) is 4.34 Å². The van der Waals surface area contributed by atoms with E-state index in [0.717, 1.165) is 12.1 Å². The molecule has 0 aliphatic carbocycles. The number of alkyl halides is 5. The van der Waals surface area contributed by atoms with E-state index in [1.807, 2.05) is 0 Å². The fourth-order valence-corrected chi connectivity index (χ4v) is 6.94. The van der Waals surface area contributed by atoms with Gasteiger partial charge in [-0.2, -0.15) is 4.31 Å². The van der Waals surface area contributed by atoms with Gasteiger partial charge in [0.05, 0.1) is 23.1 Å². The van der Waals surface area contributed by atoms with Crippen molar-refractivity contribution in [3.05, 3.63) is 64.8 Å². The Kier molecular flexibility index (Phi) is 7.48. The molecule has 1 saturated heterocycles. The fraction of sp³-hybridized carbons (Fsp3) is 0.273. The van der Waals surface area contributed by atoms with Crippen LogP contribution < -0.4 is 10.1 Å². The van der Waals surface area contributed by atoms with Gasteiger partial charge < -0.3 is 10.1 Å². The summed E-state index contributed by atoms with van der Waals surface area (Å²) in [5, 5.41) is 2.44. The number of thiophene rings is 1. The van der Waals surface area contributed by atoms with Gasteiger partial charge in [-0.15, -0.1) is 24.5 Å². The van der Waals surface area contributed by atoms with E-state index in [4.69, 9.17) is 11.6 Å². The Hall–Kier alpha value is -2.81. The quantitative estimate of drug-likeness (QED) is 0.393. The highest BCUT2D eigenvalue weighted by Crippen LogP contribution is 2.38. The van der Waals surface area contributed by atoms with Crippen molar-refractivity contribution >= 4 is 38.9 Å². The van der Waals surface area contributed by atoms with Crippen molar-refractivity contribution in [2.24, 2.45) is 0 Å². The molecule has 7 nitrogen and oxygen atoms in total. The average Bonchev–Trinajstić information content (AvgIpc) is 3.40. The van der Waals surface area contributed by atoms with Gasteiger partial charge in [-0.3, -0.25) is 9.78 Å². The summed E-state index contributed by atoms with van der Waals surface area (Å²) in [5.74, 6) is -4.73. The topological polar surface area (TPSA) is 88.6 Å². The minimum absolute atomic E-state index is 0.152. The first kappa shape index (κ1) is 27.2. The van der Waals surface area contributed by atoms with Crippen LogP contribution in [0.3, 0.4) is 0 Å². The smallest absolute Gasteiger partial charge is 0.406 e. The summed E-state index contributed by atoms with van der Waals surface area (Å²) in [6.45, 7) is -1.35. The Morgan fingerprint density at radius 1 is 1.16 bits per heavy atom. The Balaban J connectivity index is 1.46. The Morgan fingerprint density at radius 3 is 2.49 bits per heavy atom. The molecule has 1 amide bonds. The molecule has 0 radical (unpaired) electrons. The lowest BCUT2D eigenvalue weighted by Gasteiger charge is -2.21. The predicted molar refractivity (Wildman–Crippen MR) is 125 cm³/mol. The molecule has 198 valence electrons. The second kappa shape index (κ2) is 10.2. The Morgan fingerprint density at radius 2 is 1.86 bits per heavy atom. The molecule has 2 aromatic heterocycles. The van der Waals surface area contributed by atoms with E-state index in [-0.39, 0.29) is 15.1 Å². The van der Waals surface area contributed by atoms with Gasteiger partial charge in [0.15, 0.2) is 0 Å². The van der Waals surface area contributed by atoms with Crippen LogP contribution in [0.15, 0.2) is 58.9 Å². The van der Waals surface area contributed by atoms with Crippen molar-refractivity contribution in [2.45, 2.75) is 35.5 Å². The van der Waals surface area contributed by atoms with E-state index in [1.165, 1.54) is 30.5 Å². The van der Waals surface area contributed by atoms with Crippen LogP contribution in [-0.2, 0) is 21.4 Å². The number of amides is 1. The lowest BCUT2D eigenvalue weighted by atomic mass is 10.1. The van der Waals surface area contributed by atoms with Crippen molar-refractivity contribution in [3.63, 3.8) is 0 Å². The van der Waals surface area contributed by atoms with Crippen LogP contribution in [0.5, 0.6) is 5.75 Å². The van der Waals surface area contributed by atoms with Gasteiger partial charge >= 0.3 is 6.36 Å². The van der Waals surface area contributed by atoms with E-state index in [9.17, 15) is 35.2 Å². The van der Waals surface area contributed by atoms with Crippen LogP contribution in [0, 0.1) is 0 Å². The van der Waals surface area contributed by atoms with Crippen molar-refractivity contribution in [1.29, 1.82) is 0 Å². The van der Waals surface area contributed by atoms with Crippen LogP contribution in [0.25, 0.3) is 11.1 Å². The molecule has 0 bridgehead atoms. The molecule has 1 aliphatic rings. The molecule has 1 fully saturated rings. The summed E-state index contributed by atoms with van der Waals surface area (Å²) < 4.78 is 95.5. The summed E-state index contributed by atoms with van der Waals surface area (Å²) in [5.41, 5.74) is 1.40. The Labute approximate surface area is 216 Å². The molecule has 0 spiro atoms. The second-order valence-corrected chi connectivity index (χ2v) is 11.8. The monoisotopic (exact) mass is 581 g/mol. The van der Waals surface area contributed by atoms with Crippen LogP contribution in [0.4, 0.5) is 22.0 Å². The summed E-state index contributed by atoms with van der Waals surface area (Å²) in [6, 6.07) is 9.07. The number of nitrogens with one attached hydrogen (secondary N) is 1. The Bertz CT molecular complexity index is 1400. The molecule has 3 aromatic rings. The number of nitrogens with zero attached hydrogens (tertiary/aromatic N) is 2. The lowest BCUT2D eigenvalue weighted by molar-refractivity contribution is -0.274. The maximum atomic E-state index is 14.2. The van der Waals surface area contributed by atoms with Crippen molar-refractivity contribution < 1.29 is 39.9 Å². The van der Waals surface area contributed by atoms with Gasteiger partial charge in [0.25, 0.3) is 15.9 Å². The molecular formula is C22H17ClF5N3O4S2.